The predicted molar refractivity (Wildman–Crippen MR) is 71.1 cm³/mol. The number of hydrogen-bond donors (Lipinski definition) is 2. The van der Waals surface area contributed by atoms with Crippen molar-refractivity contribution in [1.29, 1.82) is 0 Å². The predicted octanol–water partition coefficient (Wildman–Crippen LogP) is 2.06. The van der Waals surface area contributed by atoms with Crippen LogP contribution in [0, 0.1) is 13.8 Å². The molecule has 0 spiro atoms. The van der Waals surface area contributed by atoms with Crippen molar-refractivity contribution in [3.63, 3.8) is 0 Å². The number of aliphatic hydroxyl groups is 1. The van der Waals surface area contributed by atoms with Crippen LogP contribution in [-0.4, -0.2) is 34.2 Å². The summed E-state index contributed by atoms with van der Waals surface area (Å²) < 4.78 is 32.8. The average Bonchev–Trinajstić information content (AvgIpc) is 2.72. The Labute approximate surface area is 121 Å². The molecule has 0 aliphatic heterocycles. The number of nitrogens with one attached hydrogen (secondary N) is 1. The molecule has 0 aromatic carbocycles. The van der Waals surface area contributed by atoms with Crippen LogP contribution in [0.3, 0.4) is 0 Å². The van der Waals surface area contributed by atoms with Gasteiger partial charge in [0.1, 0.15) is 11.4 Å². The van der Waals surface area contributed by atoms with Crippen molar-refractivity contribution >= 4 is 5.91 Å². The van der Waals surface area contributed by atoms with Crippen LogP contribution >= 0.6 is 0 Å². The summed E-state index contributed by atoms with van der Waals surface area (Å²) in [5, 5.41) is 15.7. The molecule has 5 nitrogen and oxygen atoms in total. The van der Waals surface area contributed by atoms with Gasteiger partial charge in [-0.1, -0.05) is 12.1 Å². The fourth-order valence-electron chi connectivity index (χ4n) is 2.69. The lowest BCUT2D eigenvalue weighted by molar-refractivity contribution is -0.215. The number of aryl methyl sites for hydroxylation is 2. The van der Waals surface area contributed by atoms with E-state index in [2.05, 4.69) is 10.5 Å². The molecular weight excluding hydrogens is 282 g/mol. The molecule has 1 saturated carbocycles. The van der Waals surface area contributed by atoms with E-state index in [-0.39, 0.29) is 25.3 Å². The molecule has 118 valence electrons. The number of nitrogens with zero attached hydrogens (tertiary/aromatic N) is 1. The van der Waals surface area contributed by atoms with Gasteiger partial charge in [0.2, 0.25) is 0 Å². The molecule has 7 heteroatoms. The normalized spacial score (nSPS) is 19.0. The van der Waals surface area contributed by atoms with Gasteiger partial charge in [0.05, 0.1) is 5.69 Å². The molecule has 1 aliphatic carbocycles. The number of carbonyl (C=O) groups is 1. The van der Waals surface area contributed by atoms with Crippen molar-refractivity contribution in [3.8, 4) is 0 Å². The van der Waals surface area contributed by atoms with E-state index >= 15 is 0 Å². The maximum Gasteiger partial charge on any atom is 0.352 e. The second-order valence-electron chi connectivity index (χ2n) is 5.81. The number of halogens is 2. The average molecular weight is 302 g/mol. The molecule has 1 aliphatic rings. The molecule has 2 N–H and O–H groups in total. The first kappa shape index (κ1) is 15.9. The van der Waals surface area contributed by atoms with Crippen molar-refractivity contribution in [2.45, 2.75) is 57.5 Å². The molecule has 1 heterocycles. The van der Waals surface area contributed by atoms with E-state index in [0.717, 1.165) is 5.56 Å². The minimum Gasteiger partial charge on any atom is -0.383 e. The summed E-state index contributed by atoms with van der Waals surface area (Å²) >= 11 is 0. The quantitative estimate of drug-likeness (QED) is 0.873. The van der Waals surface area contributed by atoms with Crippen LogP contribution < -0.4 is 5.32 Å². The minimum atomic E-state index is -3.76. The van der Waals surface area contributed by atoms with Gasteiger partial charge in [0.25, 0.3) is 5.91 Å². The highest BCUT2D eigenvalue weighted by atomic mass is 19.3. The van der Waals surface area contributed by atoms with Crippen molar-refractivity contribution in [2.24, 2.45) is 0 Å². The second kappa shape index (κ2) is 5.36. The Morgan fingerprint density at radius 2 is 2.14 bits per heavy atom. The topological polar surface area (TPSA) is 75.4 Å². The van der Waals surface area contributed by atoms with Crippen molar-refractivity contribution in [2.75, 3.05) is 6.54 Å². The molecular formula is C14H20F2N2O3. The maximum absolute atomic E-state index is 13.9. The Balaban J connectivity index is 1.98. The lowest BCUT2D eigenvalue weighted by Crippen LogP contribution is -2.60. The third kappa shape index (κ3) is 2.66. The Hall–Kier alpha value is -1.50. The molecule has 1 atom stereocenters. The molecule has 1 amide bonds. The fraction of sp³-hybridized carbons (Fsp3) is 0.714. The summed E-state index contributed by atoms with van der Waals surface area (Å²) in [7, 11) is 0. The molecule has 1 aromatic heterocycles. The smallest absolute Gasteiger partial charge is 0.352 e. The largest absolute Gasteiger partial charge is 0.383 e. The van der Waals surface area contributed by atoms with E-state index < -0.39 is 17.4 Å². The molecule has 0 radical (unpaired) electrons. The SMILES string of the molecule is Cc1noc(C)c1C(C)CNC(=O)C(F)(F)C1(O)CCC1. The number of carbonyl (C=O) groups excluding carboxylic acids is 1. The first-order valence-corrected chi connectivity index (χ1v) is 7.00. The number of rotatable bonds is 5. The molecule has 21 heavy (non-hydrogen) atoms. The summed E-state index contributed by atoms with van der Waals surface area (Å²) in [4.78, 5) is 11.7. The Morgan fingerprint density at radius 3 is 2.57 bits per heavy atom. The number of amides is 1. The Morgan fingerprint density at radius 1 is 1.52 bits per heavy atom. The standard InChI is InChI=1S/C14H20F2N2O3/c1-8(11-9(2)18-21-10(11)3)7-17-12(19)14(15,16)13(20)5-4-6-13/h8,20H,4-7H2,1-3H3,(H,17,19). The van der Waals surface area contributed by atoms with Crippen molar-refractivity contribution in [1.82, 2.24) is 10.5 Å². The van der Waals surface area contributed by atoms with E-state index in [1.807, 2.05) is 0 Å². The van der Waals surface area contributed by atoms with Crippen LogP contribution in [0.5, 0.6) is 0 Å². The summed E-state index contributed by atoms with van der Waals surface area (Å²) in [6.07, 6.45) is 0.411. The van der Waals surface area contributed by atoms with Crippen LogP contribution in [-0.2, 0) is 4.79 Å². The van der Waals surface area contributed by atoms with Crippen molar-refractivity contribution in [3.05, 3.63) is 17.0 Å². The molecule has 0 bridgehead atoms. The van der Waals surface area contributed by atoms with Gasteiger partial charge in [-0.3, -0.25) is 4.79 Å². The lowest BCUT2D eigenvalue weighted by atomic mass is 9.75. The van der Waals surface area contributed by atoms with Gasteiger partial charge in [0.15, 0.2) is 0 Å². The first-order chi connectivity index (χ1) is 9.69. The molecule has 1 fully saturated rings. The summed E-state index contributed by atoms with van der Waals surface area (Å²) in [5.74, 6) is -4.78. The summed E-state index contributed by atoms with van der Waals surface area (Å²) in [6.45, 7) is 5.32. The van der Waals surface area contributed by atoms with Crippen LogP contribution in [0.4, 0.5) is 8.78 Å². The first-order valence-electron chi connectivity index (χ1n) is 7.00. The number of hydrogen-bond acceptors (Lipinski definition) is 4. The highest BCUT2D eigenvalue weighted by Gasteiger charge is 2.61. The highest BCUT2D eigenvalue weighted by Crippen LogP contribution is 2.44. The summed E-state index contributed by atoms with van der Waals surface area (Å²) in [5.41, 5.74) is -0.705. The third-order valence-electron chi connectivity index (χ3n) is 4.20. The fourth-order valence-corrected chi connectivity index (χ4v) is 2.69. The van der Waals surface area contributed by atoms with Crippen LogP contribution in [0.15, 0.2) is 4.52 Å². The van der Waals surface area contributed by atoms with Crippen LogP contribution in [0.1, 0.15) is 49.1 Å². The zero-order valence-corrected chi connectivity index (χ0v) is 12.4. The highest BCUT2D eigenvalue weighted by molar-refractivity contribution is 5.85. The van der Waals surface area contributed by atoms with E-state index in [0.29, 0.717) is 17.9 Å². The van der Waals surface area contributed by atoms with Crippen LogP contribution in [0.2, 0.25) is 0 Å². The Kier molecular flexibility index (Phi) is 4.06. The molecule has 0 saturated heterocycles. The Bertz CT molecular complexity index is 519. The van der Waals surface area contributed by atoms with Crippen LogP contribution in [0.25, 0.3) is 0 Å². The van der Waals surface area contributed by atoms with E-state index in [1.54, 1.807) is 20.8 Å². The number of aromatic nitrogens is 1. The lowest BCUT2D eigenvalue weighted by Gasteiger charge is -2.41. The monoisotopic (exact) mass is 302 g/mol. The minimum absolute atomic E-state index is 0.0351. The van der Waals surface area contributed by atoms with Gasteiger partial charge in [0, 0.05) is 18.0 Å². The van der Waals surface area contributed by atoms with E-state index in [4.69, 9.17) is 4.52 Å². The van der Waals surface area contributed by atoms with E-state index in [9.17, 15) is 18.7 Å². The molecule has 1 unspecified atom stereocenters. The summed E-state index contributed by atoms with van der Waals surface area (Å²) in [6, 6.07) is 0. The molecule has 1 aromatic rings. The zero-order chi connectivity index (χ0) is 15.8. The van der Waals surface area contributed by atoms with Gasteiger partial charge >= 0.3 is 5.92 Å². The maximum atomic E-state index is 13.9. The van der Waals surface area contributed by atoms with Gasteiger partial charge in [-0.25, -0.2) is 0 Å². The van der Waals surface area contributed by atoms with Gasteiger partial charge in [-0.15, -0.1) is 0 Å². The second-order valence-corrected chi connectivity index (χ2v) is 5.81. The third-order valence-corrected chi connectivity index (χ3v) is 4.20. The van der Waals surface area contributed by atoms with Gasteiger partial charge in [-0.05, 0) is 33.1 Å². The number of alkyl halides is 2. The van der Waals surface area contributed by atoms with Crippen molar-refractivity contribution < 1.29 is 23.2 Å². The van der Waals surface area contributed by atoms with Gasteiger partial charge in [-0.2, -0.15) is 8.78 Å². The van der Waals surface area contributed by atoms with Gasteiger partial charge < -0.3 is 14.9 Å². The zero-order valence-electron chi connectivity index (χ0n) is 12.4. The van der Waals surface area contributed by atoms with E-state index in [1.165, 1.54) is 0 Å². The molecule has 2 rings (SSSR count).